The molecule has 0 aliphatic heterocycles. The Balaban J connectivity index is 1.44. The van der Waals surface area contributed by atoms with E-state index in [1.54, 1.807) is 0 Å². The van der Waals surface area contributed by atoms with Gasteiger partial charge in [0, 0.05) is 22.0 Å². The second-order valence-corrected chi connectivity index (χ2v) is 11.0. The Morgan fingerprint density at radius 3 is 2.54 bits per heavy atom. The maximum atomic E-state index is 6.57. The lowest BCUT2D eigenvalue weighted by atomic mass is 9.89. The molecule has 1 unspecified atom stereocenters. The molecule has 0 saturated carbocycles. The topological polar surface area (TPSA) is 18.1 Å². The van der Waals surface area contributed by atoms with E-state index in [4.69, 9.17) is 4.42 Å². The Morgan fingerprint density at radius 1 is 0.795 bits per heavy atom. The number of furan rings is 1. The number of rotatable bonds is 3. The fourth-order valence-electron chi connectivity index (χ4n) is 6.55. The molecule has 1 atom stereocenters. The highest BCUT2D eigenvalue weighted by Crippen LogP contribution is 2.42. The van der Waals surface area contributed by atoms with Crippen molar-refractivity contribution in [3.05, 3.63) is 126 Å². The number of hydrogen-bond donors (Lipinski definition) is 0. The van der Waals surface area contributed by atoms with Crippen LogP contribution in [0.15, 0.2) is 114 Å². The third-order valence-electron chi connectivity index (χ3n) is 8.39. The Kier molecular flexibility index (Phi) is 5.03. The van der Waals surface area contributed by atoms with E-state index in [2.05, 4.69) is 127 Å². The van der Waals surface area contributed by atoms with Crippen molar-refractivity contribution < 1.29 is 4.42 Å². The van der Waals surface area contributed by atoms with Crippen molar-refractivity contribution in [1.82, 2.24) is 4.57 Å². The van der Waals surface area contributed by atoms with Gasteiger partial charge >= 0.3 is 0 Å². The number of para-hydroxylation sites is 1. The van der Waals surface area contributed by atoms with Gasteiger partial charge in [0.1, 0.15) is 11.3 Å². The Labute approximate surface area is 228 Å². The first kappa shape index (κ1) is 22.4. The van der Waals surface area contributed by atoms with Crippen LogP contribution in [0.2, 0.25) is 0 Å². The van der Waals surface area contributed by atoms with Crippen LogP contribution in [0.5, 0.6) is 0 Å². The zero-order chi connectivity index (χ0) is 25.9. The third-order valence-corrected chi connectivity index (χ3v) is 8.39. The highest BCUT2D eigenvalue weighted by Gasteiger charge is 2.22. The molecular formula is C37H29NO. The van der Waals surface area contributed by atoms with Gasteiger partial charge in [-0.05, 0) is 89.9 Å². The molecule has 2 nitrogen and oxygen atoms in total. The summed E-state index contributed by atoms with van der Waals surface area (Å²) in [6.07, 6.45) is 14.3. The number of fused-ring (bicyclic) bond motifs is 7. The fourth-order valence-corrected chi connectivity index (χ4v) is 6.55. The molecule has 0 spiro atoms. The van der Waals surface area contributed by atoms with Crippen LogP contribution in [-0.4, -0.2) is 4.57 Å². The van der Waals surface area contributed by atoms with E-state index in [-0.39, 0.29) is 0 Å². The van der Waals surface area contributed by atoms with Gasteiger partial charge in [-0.15, -0.1) is 0 Å². The summed E-state index contributed by atoms with van der Waals surface area (Å²) in [5.74, 6) is 1.55. The van der Waals surface area contributed by atoms with Crippen molar-refractivity contribution >= 4 is 44.4 Å². The molecule has 0 bridgehead atoms. The molecule has 2 aliphatic rings. The summed E-state index contributed by atoms with van der Waals surface area (Å²) < 4.78 is 9.00. The molecule has 2 aromatic heterocycles. The Bertz CT molecular complexity index is 1990. The van der Waals surface area contributed by atoms with Gasteiger partial charge in [-0.25, -0.2) is 0 Å². The van der Waals surface area contributed by atoms with E-state index in [0.29, 0.717) is 5.92 Å². The van der Waals surface area contributed by atoms with Crippen LogP contribution in [0.4, 0.5) is 0 Å². The molecule has 0 saturated heterocycles. The summed E-state index contributed by atoms with van der Waals surface area (Å²) in [5.41, 5.74) is 11.0. The average Bonchev–Trinajstić information content (AvgIpc) is 3.53. The first-order chi connectivity index (χ1) is 19.2. The van der Waals surface area contributed by atoms with Crippen molar-refractivity contribution in [1.29, 1.82) is 0 Å². The predicted molar refractivity (Wildman–Crippen MR) is 164 cm³/mol. The van der Waals surface area contributed by atoms with E-state index in [0.717, 1.165) is 30.6 Å². The van der Waals surface area contributed by atoms with Gasteiger partial charge in [0.25, 0.3) is 0 Å². The van der Waals surface area contributed by atoms with Gasteiger partial charge in [-0.1, -0.05) is 79.8 Å². The molecule has 2 heteroatoms. The smallest absolute Gasteiger partial charge is 0.145 e. The van der Waals surface area contributed by atoms with Gasteiger partial charge in [0.05, 0.1) is 16.4 Å². The second kappa shape index (κ2) is 8.74. The zero-order valence-corrected chi connectivity index (χ0v) is 22.0. The first-order valence-electron chi connectivity index (χ1n) is 14.0. The van der Waals surface area contributed by atoms with Gasteiger partial charge in [-0.3, -0.25) is 0 Å². The monoisotopic (exact) mass is 503 g/mol. The van der Waals surface area contributed by atoms with Crippen LogP contribution in [0.25, 0.3) is 61.2 Å². The summed E-state index contributed by atoms with van der Waals surface area (Å²) in [6.45, 7) is 2.29. The van der Waals surface area contributed by atoms with Crippen LogP contribution in [0, 0.1) is 5.92 Å². The number of aryl methyl sites for hydroxylation is 1. The lowest BCUT2D eigenvalue weighted by molar-refractivity contribution is 0.598. The molecule has 2 heterocycles. The van der Waals surface area contributed by atoms with Crippen LogP contribution < -0.4 is 0 Å². The van der Waals surface area contributed by atoms with E-state index >= 15 is 0 Å². The van der Waals surface area contributed by atoms with Crippen molar-refractivity contribution in [2.75, 3.05) is 0 Å². The zero-order valence-electron chi connectivity index (χ0n) is 22.0. The largest absolute Gasteiger partial charge is 0.456 e. The molecule has 188 valence electrons. The summed E-state index contributed by atoms with van der Waals surface area (Å²) in [5, 5.41) is 3.68. The summed E-state index contributed by atoms with van der Waals surface area (Å²) >= 11 is 0. The molecule has 4 aromatic carbocycles. The standard InChI is InChI=1S/C37H29NO/c1-24-10-9-13-26(20-24)28-21-27(25-11-3-2-4-12-25)22-29(23-28)38-33-16-7-5-15-32(33)36-34(38)19-18-31-30-14-6-8-17-35(30)39-37(31)36/h2-5,7-13,15-19,21-24H,6,14,20H2,1H3. The van der Waals surface area contributed by atoms with Crippen molar-refractivity contribution in [3.8, 4) is 16.8 Å². The van der Waals surface area contributed by atoms with Crippen LogP contribution >= 0.6 is 0 Å². The molecule has 0 N–H and O–H groups in total. The number of benzene rings is 4. The fraction of sp³-hybridized carbons (Fsp3) is 0.135. The summed E-state index contributed by atoms with van der Waals surface area (Å²) in [7, 11) is 0. The van der Waals surface area contributed by atoms with Gasteiger partial charge < -0.3 is 8.98 Å². The van der Waals surface area contributed by atoms with Crippen molar-refractivity contribution in [3.63, 3.8) is 0 Å². The maximum absolute atomic E-state index is 6.57. The van der Waals surface area contributed by atoms with E-state index < -0.39 is 0 Å². The molecule has 39 heavy (non-hydrogen) atoms. The molecule has 8 rings (SSSR count). The van der Waals surface area contributed by atoms with Crippen LogP contribution in [0.3, 0.4) is 0 Å². The number of allylic oxidation sites excluding steroid dienone is 5. The lowest BCUT2D eigenvalue weighted by Crippen LogP contribution is -2.00. The highest BCUT2D eigenvalue weighted by atomic mass is 16.3. The van der Waals surface area contributed by atoms with Crippen molar-refractivity contribution in [2.24, 2.45) is 5.92 Å². The lowest BCUT2D eigenvalue weighted by Gasteiger charge is -2.18. The number of hydrogen-bond acceptors (Lipinski definition) is 1. The van der Waals surface area contributed by atoms with Gasteiger partial charge in [0.2, 0.25) is 0 Å². The molecular weight excluding hydrogens is 474 g/mol. The molecule has 6 aromatic rings. The van der Waals surface area contributed by atoms with E-state index in [9.17, 15) is 0 Å². The number of nitrogens with zero attached hydrogens (tertiary/aromatic N) is 1. The Morgan fingerprint density at radius 2 is 1.64 bits per heavy atom. The number of aromatic nitrogens is 1. The molecule has 0 amide bonds. The third kappa shape index (κ3) is 3.55. The highest BCUT2D eigenvalue weighted by molar-refractivity contribution is 6.20. The van der Waals surface area contributed by atoms with Gasteiger partial charge in [-0.2, -0.15) is 0 Å². The second-order valence-electron chi connectivity index (χ2n) is 11.0. The van der Waals surface area contributed by atoms with E-state index in [1.165, 1.54) is 60.7 Å². The minimum absolute atomic E-state index is 0.536. The molecule has 2 aliphatic carbocycles. The van der Waals surface area contributed by atoms with Crippen molar-refractivity contribution in [2.45, 2.75) is 26.2 Å². The van der Waals surface area contributed by atoms with E-state index in [1.807, 2.05) is 0 Å². The van der Waals surface area contributed by atoms with Crippen LogP contribution in [-0.2, 0) is 6.42 Å². The molecule has 0 fully saturated rings. The minimum atomic E-state index is 0.536. The Hall–Kier alpha value is -4.56. The summed E-state index contributed by atoms with van der Waals surface area (Å²) in [4.78, 5) is 0. The average molecular weight is 504 g/mol. The first-order valence-corrected chi connectivity index (χ1v) is 14.0. The maximum Gasteiger partial charge on any atom is 0.145 e. The molecule has 0 radical (unpaired) electrons. The summed E-state index contributed by atoms with van der Waals surface area (Å²) in [6, 6.07) is 31.1. The van der Waals surface area contributed by atoms with Gasteiger partial charge in [0.15, 0.2) is 0 Å². The quantitative estimate of drug-likeness (QED) is 0.235. The minimum Gasteiger partial charge on any atom is -0.456 e. The van der Waals surface area contributed by atoms with Crippen LogP contribution in [0.1, 0.15) is 36.7 Å². The SMILES string of the molecule is CC1C=CC=C(c2cc(-c3ccccc3)cc(-n3c4ccccc4c4c5oc6c(c5ccc43)CCC=C6)c2)C1. The predicted octanol–water partition coefficient (Wildman–Crippen LogP) is 10.1. The normalized spacial score (nSPS) is 16.7.